The highest BCUT2D eigenvalue weighted by Crippen LogP contribution is 2.34. The van der Waals surface area contributed by atoms with Crippen molar-refractivity contribution >= 4 is 28.7 Å². The molecule has 1 fully saturated rings. The summed E-state index contributed by atoms with van der Waals surface area (Å²) in [5.74, 6) is 0.689. The number of aliphatic hydroxyl groups excluding tert-OH is 3. The molecule has 132 valence electrons. The number of aliphatic hydroxyl groups is 3. The van der Waals surface area contributed by atoms with Gasteiger partial charge in [-0.3, -0.25) is 4.57 Å². The summed E-state index contributed by atoms with van der Waals surface area (Å²) in [4.78, 5) is 12.1. The maximum atomic E-state index is 10.3. The molecule has 0 aliphatic carbocycles. The van der Waals surface area contributed by atoms with Crippen molar-refractivity contribution in [3.8, 4) is 0 Å². The number of hydrogen-bond donors (Lipinski definition) is 4. The van der Waals surface area contributed by atoms with Crippen LogP contribution in [-0.4, -0.2) is 70.3 Å². The number of hydrogen-bond acceptors (Lipinski definition) is 9. The van der Waals surface area contributed by atoms with Gasteiger partial charge in [0.1, 0.15) is 24.1 Å². The van der Waals surface area contributed by atoms with Gasteiger partial charge in [0.2, 0.25) is 0 Å². The molecule has 1 saturated heterocycles. The quantitative estimate of drug-likeness (QED) is 0.560. The van der Waals surface area contributed by atoms with Crippen LogP contribution in [0.2, 0.25) is 0 Å². The number of nitrogens with two attached hydrogens (primary N) is 1. The van der Waals surface area contributed by atoms with Crippen molar-refractivity contribution in [1.82, 2.24) is 19.5 Å². The first-order chi connectivity index (χ1) is 11.4. The first kappa shape index (κ1) is 17.4. The van der Waals surface area contributed by atoms with Crippen LogP contribution < -0.4 is 5.73 Å². The van der Waals surface area contributed by atoms with Crippen LogP contribution >= 0.6 is 11.8 Å². The Labute approximate surface area is 142 Å². The normalized spacial score (nSPS) is 29.9. The summed E-state index contributed by atoms with van der Waals surface area (Å²) >= 11 is 1.48. The first-order valence-electron chi connectivity index (χ1n) is 7.64. The molecule has 2 aromatic rings. The van der Waals surface area contributed by atoms with E-state index < -0.39 is 30.6 Å². The number of aromatic nitrogens is 4. The molecule has 10 heteroatoms. The van der Waals surface area contributed by atoms with E-state index in [4.69, 9.17) is 10.5 Å². The van der Waals surface area contributed by atoms with Gasteiger partial charge in [-0.25, -0.2) is 15.0 Å². The second-order valence-electron chi connectivity index (χ2n) is 5.91. The third-order valence-corrected chi connectivity index (χ3v) is 5.64. The van der Waals surface area contributed by atoms with Gasteiger partial charge in [-0.2, -0.15) is 11.8 Å². The molecule has 3 rings (SSSR count). The Hall–Kier alpha value is -1.46. The highest BCUT2D eigenvalue weighted by atomic mass is 32.2. The zero-order chi connectivity index (χ0) is 17.4. The minimum Gasteiger partial charge on any atom is -0.392 e. The van der Waals surface area contributed by atoms with Crippen molar-refractivity contribution in [2.45, 2.75) is 49.7 Å². The predicted molar refractivity (Wildman–Crippen MR) is 89.3 cm³/mol. The third-order valence-electron chi connectivity index (χ3n) is 4.20. The van der Waals surface area contributed by atoms with Crippen LogP contribution in [0.15, 0.2) is 12.7 Å². The molecule has 0 bridgehead atoms. The van der Waals surface area contributed by atoms with E-state index in [9.17, 15) is 15.3 Å². The van der Waals surface area contributed by atoms with Gasteiger partial charge in [0.05, 0.1) is 18.5 Å². The zero-order valence-corrected chi connectivity index (χ0v) is 14.2. The lowest BCUT2D eigenvalue weighted by atomic mass is 10.1. The number of anilines is 1. The van der Waals surface area contributed by atoms with Crippen LogP contribution in [0.1, 0.15) is 20.1 Å². The Kier molecular flexibility index (Phi) is 4.92. The molecule has 2 aromatic heterocycles. The molecule has 1 aliphatic rings. The summed E-state index contributed by atoms with van der Waals surface area (Å²) in [5, 5.41) is 30.2. The van der Waals surface area contributed by atoms with Crippen LogP contribution in [0, 0.1) is 0 Å². The van der Waals surface area contributed by atoms with Crippen LogP contribution in [0.25, 0.3) is 11.2 Å². The maximum absolute atomic E-state index is 10.3. The van der Waals surface area contributed by atoms with E-state index in [0.29, 0.717) is 16.9 Å². The molecule has 2 unspecified atom stereocenters. The van der Waals surface area contributed by atoms with E-state index in [0.717, 1.165) is 0 Å². The molecule has 9 nitrogen and oxygen atoms in total. The summed E-state index contributed by atoms with van der Waals surface area (Å²) in [6, 6.07) is 0. The van der Waals surface area contributed by atoms with E-state index in [-0.39, 0.29) is 11.1 Å². The number of nitrogens with zero attached hydrogens (tertiary/aromatic N) is 4. The lowest BCUT2D eigenvalue weighted by molar-refractivity contribution is -0.0289. The lowest BCUT2D eigenvalue weighted by Gasteiger charge is -2.19. The fourth-order valence-electron chi connectivity index (χ4n) is 2.54. The Balaban J connectivity index is 1.78. The van der Waals surface area contributed by atoms with Crippen molar-refractivity contribution in [3.05, 3.63) is 12.7 Å². The molecule has 0 amide bonds. The topological polar surface area (TPSA) is 140 Å². The van der Waals surface area contributed by atoms with Gasteiger partial charge >= 0.3 is 0 Å². The SMILES string of the molecule is CC(O)C(C)SC[C@H]1O[C@@H](n2cnc3c(N)ncnc32)[C@H](O)[C@@H]1O. The number of nitrogen functional groups attached to an aromatic ring is 1. The predicted octanol–water partition coefficient (Wildman–Crippen LogP) is -0.470. The molecule has 1 aliphatic heterocycles. The first-order valence-corrected chi connectivity index (χ1v) is 8.69. The number of fused-ring (bicyclic) bond motifs is 1. The van der Waals surface area contributed by atoms with Gasteiger partial charge in [0.25, 0.3) is 0 Å². The lowest BCUT2D eigenvalue weighted by Crippen LogP contribution is -2.33. The average molecular weight is 355 g/mol. The van der Waals surface area contributed by atoms with E-state index >= 15 is 0 Å². The second-order valence-corrected chi connectivity index (χ2v) is 7.32. The van der Waals surface area contributed by atoms with Crippen molar-refractivity contribution in [2.24, 2.45) is 0 Å². The van der Waals surface area contributed by atoms with Crippen LogP contribution in [0.4, 0.5) is 5.82 Å². The fourth-order valence-corrected chi connectivity index (χ4v) is 3.59. The highest BCUT2D eigenvalue weighted by Gasteiger charge is 2.44. The summed E-state index contributed by atoms with van der Waals surface area (Å²) in [5.41, 5.74) is 6.61. The number of thioether (sulfide) groups is 1. The van der Waals surface area contributed by atoms with E-state index in [1.54, 1.807) is 11.5 Å². The minimum atomic E-state index is -1.12. The zero-order valence-electron chi connectivity index (χ0n) is 13.4. The molecule has 0 radical (unpaired) electrons. The fraction of sp³-hybridized carbons (Fsp3) is 0.643. The van der Waals surface area contributed by atoms with Crippen LogP contribution in [-0.2, 0) is 4.74 Å². The Morgan fingerprint density at radius 3 is 2.75 bits per heavy atom. The molecular formula is C14H21N5O4S. The van der Waals surface area contributed by atoms with Crippen LogP contribution in [0.3, 0.4) is 0 Å². The summed E-state index contributed by atoms with van der Waals surface area (Å²) in [7, 11) is 0. The smallest absolute Gasteiger partial charge is 0.167 e. The summed E-state index contributed by atoms with van der Waals surface area (Å²) in [6.45, 7) is 3.61. The number of ether oxygens (including phenoxy) is 1. The van der Waals surface area contributed by atoms with Crippen molar-refractivity contribution < 1.29 is 20.1 Å². The van der Waals surface area contributed by atoms with Crippen molar-refractivity contribution in [1.29, 1.82) is 0 Å². The van der Waals surface area contributed by atoms with Gasteiger partial charge < -0.3 is 25.8 Å². The average Bonchev–Trinajstić information content (AvgIpc) is 3.09. The molecule has 0 spiro atoms. The molecular weight excluding hydrogens is 334 g/mol. The minimum absolute atomic E-state index is 0.00129. The van der Waals surface area contributed by atoms with E-state index in [1.807, 2.05) is 6.92 Å². The number of rotatable bonds is 5. The molecule has 0 aromatic carbocycles. The Bertz CT molecular complexity index is 712. The van der Waals surface area contributed by atoms with E-state index in [2.05, 4.69) is 15.0 Å². The van der Waals surface area contributed by atoms with Gasteiger partial charge in [-0.15, -0.1) is 0 Å². The molecule has 3 heterocycles. The highest BCUT2D eigenvalue weighted by molar-refractivity contribution is 7.99. The van der Waals surface area contributed by atoms with Crippen LogP contribution in [0.5, 0.6) is 0 Å². The molecule has 0 saturated carbocycles. The summed E-state index contributed by atoms with van der Waals surface area (Å²) in [6.07, 6.45) is -1.23. The monoisotopic (exact) mass is 355 g/mol. The van der Waals surface area contributed by atoms with Crippen molar-refractivity contribution in [2.75, 3.05) is 11.5 Å². The second kappa shape index (κ2) is 6.81. The molecule has 24 heavy (non-hydrogen) atoms. The largest absolute Gasteiger partial charge is 0.392 e. The Morgan fingerprint density at radius 1 is 1.29 bits per heavy atom. The molecule has 6 atom stereocenters. The number of imidazole rings is 1. The van der Waals surface area contributed by atoms with E-state index in [1.165, 1.54) is 24.4 Å². The van der Waals surface area contributed by atoms with Crippen molar-refractivity contribution in [3.63, 3.8) is 0 Å². The summed E-state index contributed by atoms with van der Waals surface area (Å²) < 4.78 is 7.37. The van der Waals surface area contributed by atoms with Gasteiger partial charge in [-0.1, -0.05) is 6.92 Å². The van der Waals surface area contributed by atoms with Gasteiger partial charge in [0, 0.05) is 11.0 Å². The molecule has 5 N–H and O–H groups in total. The standard InChI is InChI=1S/C14H21N5O4S/c1-6(20)7(2)24-3-8-10(21)11(22)14(23-8)19-5-18-9-12(15)16-4-17-13(9)19/h4-8,10-11,14,20-22H,3H2,1-2H3,(H2,15,16,17)/t6?,7?,8-,10-,11-,14-/m1/s1. The Morgan fingerprint density at radius 2 is 2.04 bits per heavy atom. The van der Waals surface area contributed by atoms with Gasteiger partial charge in [-0.05, 0) is 6.92 Å². The van der Waals surface area contributed by atoms with Gasteiger partial charge in [0.15, 0.2) is 17.7 Å². The third kappa shape index (κ3) is 3.07. The maximum Gasteiger partial charge on any atom is 0.167 e.